The molecule has 0 unspecified atom stereocenters. The van der Waals surface area contributed by atoms with Gasteiger partial charge in [0.05, 0.1) is 11.3 Å². The van der Waals surface area contributed by atoms with Crippen LogP contribution >= 0.6 is 22.9 Å². The first-order valence-corrected chi connectivity index (χ1v) is 9.55. The molecule has 0 spiro atoms. The predicted octanol–water partition coefficient (Wildman–Crippen LogP) is 4.57. The third-order valence-electron chi connectivity index (χ3n) is 4.44. The standard InChI is InChI=1S/C20H15ClN2O3S/c1-20(10-12-6-2-3-7-13(12)17(24)26-20)18(25)23-19-22-16(11-27-19)14-8-4-5-9-15(14)21/h2-9,11H,10H2,1H3,(H,22,23,25)/t20-/m1/s1. The maximum absolute atomic E-state index is 12.8. The Balaban J connectivity index is 1.55. The molecule has 4 rings (SSSR count). The third kappa shape index (κ3) is 3.34. The maximum Gasteiger partial charge on any atom is 0.339 e. The zero-order chi connectivity index (χ0) is 19.0. The van der Waals surface area contributed by atoms with Crippen molar-refractivity contribution >= 4 is 39.9 Å². The number of aromatic nitrogens is 1. The van der Waals surface area contributed by atoms with Gasteiger partial charge in [-0.2, -0.15) is 0 Å². The first-order valence-electron chi connectivity index (χ1n) is 8.29. The van der Waals surface area contributed by atoms with Gasteiger partial charge >= 0.3 is 5.97 Å². The van der Waals surface area contributed by atoms with Crippen LogP contribution in [0.3, 0.4) is 0 Å². The van der Waals surface area contributed by atoms with Crippen molar-refractivity contribution in [1.29, 1.82) is 0 Å². The van der Waals surface area contributed by atoms with Crippen molar-refractivity contribution in [1.82, 2.24) is 4.98 Å². The molecular weight excluding hydrogens is 384 g/mol. The summed E-state index contributed by atoms with van der Waals surface area (Å²) in [5.41, 5.74) is 1.47. The second-order valence-electron chi connectivity index (χ2n) is 6.43. The quantitative estimate of drug-likeness (QED) is 0.656. The minimum Gasteiger partial charge on any atom is -0.445 e. The number of ether oxygens (including phenoxy) is 1. The van der Waals surface area contributed by atoms with Crippen molar-refractivity contribution < 1.29 is 14.3 Å². The van der Waals surface area contributed by atoms with Crippen molar-refractivity contribution in [2.45, 2.75) is 18.9 Å². The predicted molar refractivity (Wildman–Crippen MR) is 105 cm³/mol. The number of benzene rings is 2. The molecule has 1 N–H and O–H groups in total. The lowest BCUT2D eigenvalue weighted by molar-refractivity contribution is -0.134. The number of thiazole rings is 1. The summed E-state index contributed by atoms with van der Waals surface area (Å²) >= 11 is 7.49. The molecule has 7 heteroatoms. The van der Waals surface area contributed by atoms with Gasteiger partial charge in [-0.05, 0) is 24.6 Å². The molecule has 0 radical (unpaired) electrons. The Labute approximate surface area is 165 Å². The van der Waals surface area contributed by atoms with Gasteiger partial charge in [-0.25, -0.2) is 9.78 Å². The number of nitrogens with zero attached hydrogens (tertiary/aromatic N) is 1. The normalized spacial score (nSPS) is 18.5. The Kier molecular flexibility index (Phi) is 4.45. The molecule has 0 aliphatic carbocycles. The van der Waals surface area contributed by atoms with Gasteiger partial charge in [-0.15, -0.1) is 11.3 Å². The zero-order valence-electron chi connectivity index (χ0n) is 14.4. The minimum atomic E-state index is -1.29. The zero-order valence-corrected chi connectivity index (χ0v) is 15.9. The van der Waals surface area contributed by atoms with E-state index in [1.165, 1.54) is 11.3 Å². The summed E-state index contributed by atoms with van der Waals surface area (Å²) in [4.78, 5) is 29.5. The molecule has 2 aromatic carbocycles. The highest BCUT2D eigenvalue weighted by atomic mass is 35.5. The second kappa shape index (κ2) is 6.79. The third-order valence-corrected chi connectivity index (χ3v) is 5.53. The molecule has 136 valence electrons. The highest BCUT2D eigenvalue weighted by Gasteiger charge is 2.42. The van der Waals surface area contributed by atoms with Crippen molar-refractivity contribution in [3.05, 3.63) is 70.1 Å². The molecule has 0 fully saturated rings. The molecule has 5 nitrogen and oxygen atoms in total. The van der Waals surface area contributed by atoms with Crippen LogP contribution < -0.4 is 5.32 Å². The van der Waals surface area contributed by atoms with Gasteiger partial charge in [-0.3, -0.25) is 10.1 Å². The highest BCUT2D eigenvalue weighted by Crippen LogP contribution is 2.32. The summed E-state index contributed by atoms with van der Waals surface area (Å²) in [5.74, 6) is -0.907. The Morgan fingerprint density at radius 2 is 1.89 bits per heavy atom. The fourth-order valence-corrected chi connectivity index (χ4v) is 3.95. The summed E-state index contributed by atoms with van der Waals surface area (Å²) < 4.78 is 5.45. The van der Waals surface area contributed by atoms with Crippen LogP contribution in [0.15, 0.2) is 53.9 Å². The van der Waals surface area contributed by atoms with Gasteiger partial charge in [0.15, 0.2) is 10.7 Å². The van der Waals surface area contributed by atoms with Crippen LogP contribution in [0.4, 0.5) is 5.13 Å². The molecule has 1 atom stereocenters. The number of halogens is 1. The average molecular weight is 399 g/mol. The summed E-state index contributed by atoms with van der Waals surface area (Å²) in [5, 5.41) is 5.59. The first kappa shape index (κ1) is 17.7. The molecular formula is C20H15ClN2O3S. The number of cyclic esters (lactones) is 1. The lowest BCUT2D eigenvalue weighted by Gasteiger charge is -2.32. The van der Waals surface area contributed by atoms with Gasteiger partial charge in [0.25, 0.3) is 5.91 Å². The van der Waals surface area contributed by atoms with Crippen molar-refractivity contribution in [3.63, 3.8) is 0 Å². The number of hydrogen-bond acceptors (Lipinski definition) is 5. The number of nitrogens with one attached hydrogen (secondary N) is 1. The Morgan fingerprint density at radius 1 is 1.19 bits per heavy atom. The smallest absolute Gasteiger partial charge is 0.339 e. The average Bonchev–Trinajstić information content (AvgIpc) is 3.10. The summed E-state index contributed by atoms with van der Waals surface area (Å²) in [6.45, 7) is 1.61. The van der Waals surface area contributed by atoms with Crippen molar-refractivity contribution in [2.75, 3.05) is 5.32 Å². The SMILES string of the molecule is C[C@]1(C(=O)Nc2nc(-c3ccccc3Cl)cs2)Cc2ccccc2C(=O)O1. The van der Waals surface area contributed by atoms with E-state index in [2.05, 4.69) is 10.3 Å². The van der Waals surface area contributed by atoms with Crippen LogP contribution in [0.25, 0.3) is 11.3 Å². The number of carbonyl (C=O) groups excluding carboxylic acids is 2. The molecule has 0 bridgehead atoms. The van der Waals surface area contributed by atoms with E-state index >= 15 is 0 Å². The molecule has 2 heterocycles. The molecule has 27 heavy (non-hydrogen) atoms. The molecule has 0 saturated heterocycles. The van der Waals surface area contributed by atoms with Crippen LogP contribution in [-0.2, 0) is 16.0 Å². The van der Waals surface area contributed by atoms with Crippen LogP contribution in [0.5, 0.6) is 0 Å². The molecule has 1 amide bonds. The van der Waals surface area contributed by atoms with Gasteiger partial charge < -0.3 is 4.74 Å². The van der Waals surface area contributed by atoms with E-state index in [0.717, 1.165) is 11.1 Å². The Bertz CT molecular complexity index is 1050. The molecule has 1 aromatic heterocycles. The topological polar surface area (TPSA) is 68.3 Å². The minimum absolute atomic E-state index is 0.309. The van der Waals surface area contributed by atoms with Gasteiger partial charge in [0.1, 0.15) is 0 Å². The fourth-order valence-electron chi connectivity index (χ4n) is 3.01. The number of hydrogen-bond donors (Lipinski definition) is 1. The molecule has 0 saturated carbocycles. The lowest BCUT2D eigenvalue weighted by atomic mass is 9.89. The second-order valence-corrected chi connectivity index (χ2v) is 7.69. The number of rotatable bonds is 3. The van der Waals surface area contributed by atoms with Crippen molar-refractivity contribution in [2.24, 2.45) is 0 Å². The van der Waals surface area contributed by atoms with Crippen LogP contribution in [-0.4, -0.2) is 22.5 Å². The first-order chi connectivity index (χ1) is 13.0. The number of esters is 1. The van der Waals surface area contributed by atoms with Crippen LogP contribution in [0.1, 0.15) is 22.8 Å². The highest BCUT2D eigenvalue weighted by molar-refractivity contribution is 7.14. The van der Waals surface area contributed by atoms with E-state index in [0.29, 0.717) is 27.8 Å². The van der Waals surface area contributed by atoms with Crippen molar-refractivity contribution in [3.8, 4) is 11.3 Å². The van der Waals surface area contributed by atoms with Gasteiger partial charge in [-0.1, -0.05) is 48.0 Å². The lowest BCUT2D eigenvalue weighted by Crippen LogP contribution is -2.48. The van der Waals surface area contributed by atoms with E-state index in [-0.39, 0.29) is 0 Å². The summed E-state index contributed by atoms with van der Waals surface area (Å²) in [6, 6.07) is 14.5. The van der Waals surface area contributed by atoms with E-state index in [4.69, 9.17) is 16.3 Å². The molecule has 3 aromatic rings. The van der Waals surface area contributed by atoms with E-state index < -0.39 is 17.5 Å². The number of amides is 1. The summed E-state index contributed by atoms with van der Waals surface area (Å²) in [6.07, 6.45) is 0.309. The van der Waals surface area contributed by atoms with Crippen LogP contribution in [0, 0.1) is 0 Å². The van der Waals surface area contributed by atoms with Crippen LogP contribution in [0.2, 0.25) is 5.02 Å². The number of anilines is 1. The maximum atomic E-state index is 12.8. The van der Waals surface area contributed by atoms with E-state index in [9.17, 15) is 9.59 Å². The van der Waals surface area contributed by atoms with Gasteiger partial charge in [0, 0.05) is 22.4 Å². The van der Waals surface area contributed by atoms with E-state index in [1.807, 2.05) is 35.7 Å². The summed E-state index contributed by atoms with van der Waals surface area (Å²) in [7, 11) is 0. The number of fused-ring (bicyclic) bond motifs is 1. The van der Waals surface area contributed by atoms with Gasteiger partial charge in [0.2, 0.25) is 0 Å². The monoisotopic (exact) mass is 398 g/mol. The Morgan fingerprint density at radius 3 is 2.67 bits per heavy atom. The molecule has 1 aliphatic heterocycles. The number of carbonyl (C=O) groups is 2. The molecule has 1 aliphatic rings. The fraction of sp³-hybridized carbons (Fsp3) is 0.150. The Hall–Kier alpha value is -2.70. The van der Waals surface area contributed by atoms with E-state index in [1.54, 1.807) is 25.1 Å². The largest absolute Gasteiger partial charge is 0.445 e.